The summed E-state index contributed by atoms with van der Waals surface area (Å²) in [6.45, 7) is 4.58. The van der Waals surface area contributed by atoms with Gasteiger partial charge in [-0.3, -0.25) is 4.79 Å². The Bertz CT molecular complexity index is 1320. The number of nitrogens with one attached hydrogen (secondary N) is 1. The fourth-order valence-electron chi connectivity index (χ4n) is 3.78. The van der Waals surface area contributed by atoms with E-state index in [4.69, 9.17) is 15.2 Å². The van der Waals surface area contributed by atoms with Crippen LogP contribution in [0, 0.1) is 0 Å². The van der Waals surface area contributed by atoms with Crippen molar-refractivity contribution in [2.75, 3.05) is 31.8 Å². The van der Waals surface area contributed by atoms with Crippen LogP contribution >= 0.6 is 0 Å². The second-order valence-electron chi connectivity index (χ2n) is 7.63. The zero-order valence-corrected chi connectivity index (χ0v) is 19.0. The van der Waals surface area contributed by atoms with Crippen molar-refractivity contribution < 1.29 is 19.4 Å². The highest BCUT2D eigenvalue weighted by molar-refractivity contribution is 6.31. The smallest absolute Gasteiger partial charge is 0.255 e. The van der Waals surface area contributed by atoms with Crippen LogP contribution in [0.15, 0.2) is 78.3 Å². The number of nitrogens with two attached hydrogens (primary N) is 1. The van der Waals surface area contributed by atoms with Gasteiger partial charge in [0.1, 0.15) is 11.5 Å². The molecule has 2 aliphatic rings. The van der Waals surface area contributed by atoms with Gasteiger partial charge < -0.3 is 25.6 Å². The monoisotopic (exact) mass is 455 g/mol. The van der Waals surface area contributed by atoms with Crippen molar-refractivity contribution >= 4 is 28.8 Å². The molecule has 0 radical (unpaired) electrons. The molecule has 0 aromatic heterocycles. The maximum atomic E-state index is 11.8. The summed E-state index contributed by atoms with van der Waals surface area (Å²) in [5.74, 6) is 1.21. The largest absolute Gasteiger partial charge is 0.507 e. The van der Waals surface area contributed by atoms with Crippen molar-refractivity contribution in [3.63, 3.8) is 0 Å². The molecule has 3 aromatic carbocycles. The predicted molar refractivity (Wildman–Crippen MR) is 136 cm³/mol. The number of rotatable bonds is 3. The molecule has 0 aliphatic carbocycles. The van der Waals surface area contributed by atoms with Crippen molar-refractivity contribution in [1.29, 1.82) is 0 Å². The van der Waals surface area contributed by atoms with E-state index in [1.807, 2.05) is 54.6 Å². The number of carbonyl (C=O) groups is 1. The van der Waals surface area contributed by atoms with E-state index in [1.54, 1.807) is 26.4 Å². The number of phenolic OH excluding ortho intramolecular Hbond substituents is 1. The molecule has 0 saturated carbocycles. The number of hydrogen-bond acceptors (Lipinski definition) is 6. The molecule has 2 heterocycles. The number of anilines is 2. The minimum Gasteiger partial charge on any atom is -0.507 e. The Morgan fingerprint density at radius 3 is 2.29 bits per heavy atom. The van der Waals surface area contributed by atoms with E-state index >= 15 is 0 Å². The lowest BCUT2D eigenvalue weighted by Gasteiger charge is -2.12. The molecule has 7 nitrogen and oxygen atoms in total. The van der Waals surface area contributed by atoms with Crippen molar-refractivity contribution in [3.05, 3.63) is 78.9 Å². The van der Waals surface area contributed by atoms with Gasteiger partial charge in [-0.1, -0.05) is 49.1 Å². The van der Waals surface area contributed by atoms with Gasteiger partial charge in [0.05, 0.1) is 32.1 Å². The fraction of sp³-hybridized carbons (Fsp3) is 0.111. The first-order chi connectivity index (χ1) is 16.4. The zero-order valence-electron chi connectivity index (χ0n) is 19.0. The Morgan fingerprint density at radius 2 is 1.71 bits per heavy atom. The van der Waals surface area contributed by atoms with Gasteiger partial charge in [0.25, 0.3) is 5.91 Å². The summed E-state index contributed by atoms with van der Waals surface area (Å²) in [5.41, 5.74) is 11.7. The molecule has 0 fully saturated rings. The van der Waals surface area contributed by atoms with Gasteiger partial charge in [-0.25, -0.2) is 4.99 Å². The number of phenols is 1. The first-order valence-corrected chi connectivity index (χ1v) is 10.6. The molecule has 0 spiro atoms. The van der Waals surface area contributed by atoms with Gasteiger partial charge in [0.2, 0.25) is 5.90 Å². The topological polar surface area (TPSA) is 106 Å². The minimum atomic E-state index is -0.245. The van der Waals surface area contributed by atoms with Crippen LogP contribution in [-0.2, 0) is 9.53 Å². The van der Waals surface area contributed by atoms with Crippen LogP contribution in [0.5, 0.6) is 11.5 Å². The highest BCUT2D eigenvalue weighted by Crippen LogP contribution is 2.41. The Hall–Kier alpha value is -4.52. The number of aliphatic imine (C=N–C) groups is 1. The number of nitrogens with zero attached hydrogens (tertiary/aromatic N) is 1. The number of aromatic hydroxyl groups is 1. The van der Waals surface area contributed by atoms with Crippen LogP contribution in [0.2, 0.25) is 0 Å². The Labute approximate surface area is 197 Å². The Kier molecular flexibility index (Phi) is 6.36. The normalized spacial score (nSPS) is 13.5. The minimum absolute atomic E-state index is 0.0948. The average Bonchev–Trinajstić information content (AvgIpc) is 3.47. The molecule has 3 aromatic rings. The maximum absolute atomic E-state index is 11.8. The van der Waals surface area contributed by atoms with E-state index < -0.39 is 0 Å². The fourth-order valence-corrected chi connectivity index (χ4v) is 3.78. The first-order valence-electron chi connectivity index (χ1n) is 10.6. The molecule has 172 valence electrons. The van der Waals surface area contributed by atoms with Crippen molar-refractivity contribution in [2.45, 2.75) is 0 Å². The molecule has 4 N–H and O–H groups in total. The molecule has 0 bridgehead atoms. The maximum Gasteiger partial charge on any atom is 0.255 e. The van der Waals surface area contributed by atoms with Crippen LogP contribution in [0.1, 0.15) is 5.56 Å². The van der Waals surface area contributed by atoms with E-state index in [-0.39, 0.29) is 11.7 Å². The molecule has 2 aliphatic heterocycles. The van der Waals surface area contributed by atoms with Crippen molar-refractivity contribution in [1.82, 2.24) is 0 Å². The standard InChI is InChI=1S/C22H18N2O3.C5H7NO/c1-12-16-10-17(19(25)11-18(16)24-22(12)26)14-8-6-13(7-9-14)15-4-3-5-20(27-2)21(15)23;1-7-5-3-2-4-6-5/h3-11,25H,1,23H2,2H3,(H,24,26);2-3H,4H2,1H3. The third-order valence-electron chi connectivity index (χ3n) is 5.60. The lowest BCUT2D eigenvalue weighted by molar-refractivity contribution is -0.110. The second kappa shape index (κ2) is 9.54. The zero-order chi connectivity index (χ0) is 24.2. The van der Waals surface area contributed by atoms with Gasteiger partial charge >= 0.3 is 0 Å². The van der Waals surface area contributed by atoms with Gasteiger partial charge in [0.15, 0.2) is 0 Å². The second-order valence-corrected chi connectivity index (χ2v) is 7.63. The third kappa shape index (κ3) is 4.36. The van der Waals surface area contributed by atoms with E-state index in [1.165, 1.54) is 0 Å². The summed E-state index contributed by atoms with van der Waals surface area (Å²) in [6, 6.07) is 16.6. The molecule has 1 amide bonds. The predicted octanol–water partition coefficient (Wildman–Crippen LogP) is 4.88. The van der Waals surface area contributed by atoms with Gasteiger partial charge in [-0.05, 0) is 29.3 Å². The van der Waals surface area contributed by atoms with Crippen LogP contribution in [0.4, 0.5) is 11.4 Å². The number of hydrogen-bond donors (Lipinski definition) is 3. The van der Waals surface area contributed by atoms with E-state index in [9.17, 15) is 9.90 Å². The summed E-state index contributed by atoms with van der Waals surface area (Å²) in [5, 5.41) is 13.1. The number of carbonyl (C=O) groups excluding carboxylic acids is 1. The van der Waals surface area contributed by atoms with Crippen molar-refractivity contribution in [2.24, 2.45) is 4.99 Å². The van der Waals surface area contributed by atoms with Crippen LogP contribution in [0.25, 0.3) is 27.8 Å². The number of methoxy groups -OCH3 is 2. The summed E-state index contributed by atoms with van der Waals surface area (Å²) in [6.07, 6.45) is 3.82. The van der Waals surface area contributed by atoms with Crippen LogP contribution in [0.3, 0.4) is 0 Å². The molecule has 0 saturated heterocycles. The van der Waals surface area contributed by atoms with Crippen LogP contribution in [-0.4, -0.2) is 37.7 Å². The summed E-state index contributed by atoms with van der Waals surface area (Å²) < 4.78 is 10.1. The number of nitrogen functional groups attached to an aromatic ring is 1. The third-order valence-corrected chi connectivity index (χ3v) is 5.60. The van der Waals surface area contributed by atoms with E-state index in [0.29, 0.717) is 33.8 Å². The Balaban J connectivity index is 0.000000336. The Morgan fingerprint density at radius 1 is 1.00 bits per heavy atom. The SMILES string of the molecule is C=C1C(=O)Nc2cc(O)c(-c3ccc(-c4cccc(OC)c4N)cc3)cc21.COC1=NCC=C1. The summed E-state index contributed by atoms with van der Waals surface area (Å²) in [4.78, 5) is 15.7. The molecule has 5 rings (SSSR count). The summed E-state index contributed by atoms with van der Waals surface area (Å²) in [7, 11) is 3.21. The average molecular weight is 456 g/mol. The number of amides is 1. The van der Waals surface area contributed by atoms with Gasteiger partial charge in [-0.2, -0.15) is 0 Å². The first kappa shape index (κ1) is 22.7. The summed E-state index contributed by atoms with van der Waals surface area (Å²) >= 11 is 0. The van der Waals surface area contributed by atoms with Gasteiger partial charge in [-0.15, -0.1) is 0 Å². The molecular formula is C27H25N3O4. The lowest BCUT2D eigenvalue weighted by atomic mass is 9.96. The van der Waals surface area contributed by atoms with E-state index in [0.717, 1.165) is 29.1 Å². The lowest BCUT2D eigenvalue weighted by Crippen LogP contribution is -2.02. The number of fused-ring (bicyclic) bond motifs is 1. The highest BCUT2D eigenvalue weighted by Gasteiger charge is 2.24. The van der Waals surface area contributed by atoms with Crippen molar-refractivity contribution in [3.8, 4) is 33.8 Å². The van der Waals surface area contributed by atoms with Gasteiger partial charge in [0, 0.05) is 28.3 Å². The highest BCUT2D eigenvalue weighted by atomic mass is 16.5. The molecule has 0 atom stereocenters. The number of ether oxygens (including phenoxy) is 2. The molecular weight excluding hydrogens is 430 g/mol. The molecule has 0 unspecified atom stereocenters. The van der Waals surface area contributed by atoms with E-state index in [2.05, 4.69) is 16.9 Å². The molecule has 34 heavy (non-hydrogen) atoms. The quantitative estimate of drug-likeness (QED) is 0.385. The number of para-hydroxylation sites is 1. The van der Waals surface area contributed by atoms with Crippen LogP contribution < -0.4 is 15.8 Å². The molecule has 7 heteroatoms. The number of benzene rings is 3.